The van der Waals surface area contributed by atoms with E-state index >= 15 is 0 Å². The molecule has 0 aliphatic heterocycles. The molecule has 1 atom stereocenters. The van der Waals surface area contributed by atoms with Crippen molar-refractivity contribution in [3.63, 3.8) is 0 Å². The van der Waals surface area contributed by atoms with Crippen molar-refractivity contribution >= 4 is 27.3 Å². The molecule has 0 saturated carbocycles. The van der Waals surface area contributed by atoms with Crippen LogP contribution in [0.15, 0.2) is 52.3 Å². The van der Waals surface area contributed by atoms with Gasteiger partial charge in [-0.3, -0.25) is 10.1 Å². The smallest absolute Gasteiger partial charge is 0.258 e. The number of hydrogen-bond acceptors (Lipinski definition) is 5. The molecule has 2 aromatic carbocycles. The van der Waals surface area contributed by atoms with Crippen molar-refractivity contribution in [1.82, 2.24) is 0 Å². The minimum absolute atomic E-state index is 0.0500. The van der Waals surface area contributed by atoms with Crippen LogP contribution < -0.4 is 0 Å². The zero-order chi connectivity index (χ0) is 18.8. The fourth-order valence-corrected chi connectivity index (χ4v) is 3.92. The number of thioether (sulfide) groups is 1. The standard InChI is InChI=1S/C15H12F3NO4S2/c1-9(11-4-2-3-5-12(11)16)24-14-7-6-10(8-13(14)19(20)21)25(22,23)15(17)18/h2-9,15H,1H3. The summed E-state index contributed by atoms with van der Waals surface area (Å²) in [5, 5.41) is 10.7. The lowest BCUT2D eigenvalue weighted by molar-refractivity contribution is -0.388. The summed E-state index contributed by atoms with van der Waals surface area (Å²) in [4.78, 5) is 9.55. The first-order chi connectivity index (χ1) is 11.6. The highest BCUT2D eigenvalue weighted by molar-refractivity contribution is 7.99. The van der Waals surface area contributed by atoms with Gasteiger partial charge in [-0.15, -0.1) is 11.8 Å². The number of nitro benzene ring substituents is 1. The van der Waals surface area contributed by atoms with Gasteiger partial charge in [-0.05, 0) is 25.1 Å². The predicted octanol–water partition coefficient (Wildman–Crippen LogP) is 4.58. The molecule has 2 rings (SSSR count). The van der Waals surface area contributed by atoms with E-state index in [1.54, 1.807) is 13.0 Å². The Morgan fingerprint density at radius 3 is 2.36 bits per heavy atom. The van der Waals surface area contributed by atoms with Crippen molar-refractivity contribution < 1.29 is 26.5 Å². The van der Waals surface area contributed by atoms with Crippen LogP contribution in [-0.4, -0.2) is 19.1 Å². The van der Waals surface area contributed by atoms with Crippen LogP contribution in [-0.2, 0) is 9.84 Å². The van der Waals surface area contributed by atoms with Gasteiger partial charge in [-0.1, -0.05) is 18.2 Å². The summed E-state index contributed by atoms with van der Waals surface area (Å²) in [5.41, 5.74) is -0.319. The van der Waals surface area contributed by atoms with Gasteiger partial charge < -0.3 is 0 Å². The molecule has 0 aliphatic rings. The number of halogens is 3. The Balaban J connectivity index is 2.42. The highest BCUT2D eigenvalue weighted by Crippen LogP contribution is 2.41. The topological polar surface area (TPSA) is 77.3 Å². The molecule has 0 saturated heterocycles. The molecule has 0 heterocycles. The summed E-state index contributed by atoms with van der Waals surface area (Å²) in [6.07, 6.45) is 0. The molecule has 2 aromatic rings. The van der Waals surface area contributed by atoms with Gasteiger partial charge in [-0.25, -0.2) is 12.8 Å². The Bertz CT molecular complexity index is 903. The average Bonchev–Trinajstić information content (AvgIpc) is 2.54. The lowest BCUT2D eigenvalue weighted by atomic mass is 10.1. The number of sulfone groups is 1. The Kier molecular flexibility index (Phi) is 5.73. The molecule has 5 nitrogen and oxygen atoms in total. The van der Waals surface area contributed by atoms with E-state index in [-0.39, 0.29) is 4.90 Å². The van der Waals surface area contributed by atoms with Crippen molar-refractivity contribution in [1.29, 1.82) is 0 Å². The molecular formula is C15H12F3NO4S2. The van der Waals surface area contributed by atoms with Crippen LogP contribution in [0.4, 0.5) is 18.9 Å². The molecule has 25 heavy (non-hydrogen) atoms. The number of benzene rings is 2. The normalized spacial score (nSPS) is 13.0. The number of alkyl halides is 2. The number of rotatable bonds is 6. The van der Waals surface area contributed by atoms with E-state index in [2.05, 4.69) is 0 Å². The second-order valence-electron chi connectivity index (χ2n) is 4.97. The molecule has 10 heteroatoms. The Hall–Kier alpha value is -2.07. The maximum absolute atomic E-state index is 13.8. The molecule has 0 bridgehead atoms. The van der Waals surface area contributed by atoms with Crippen LogP contribution in [0, 0.1) is 15.9 Å². The molecular weight excluding hydrogens is 379 g/mol. The molecule has 134 valence electrons. The van der Waals surface area contributed by atoms with Crippen LogP contribution in [0.3, 0.4) is 0 Å². The van der Waals surface area contributed by atoms with Gasteiger partial charge >= 0.3 is 5.76 Å². The zero-order valence-electron chi connectivity index (χ0n) is 12.7. The Labute approximate surface area is 145 Å². The zero-order valence-corrected chi connectivity index (χ0v) is 14.4. The van der Waals surface area contributed by atoms with Gasteiger partial charge in [0, 0.05) is 16.9 Å². The first-order valence-electron chi connectivity index (χ1n) is 6.86. The monoisotopic (exact) mass is 391 g/mol. The van der Waals surface area contributed by atoms with Crippen LogP contribution >= 0.6 is 11.8 Å². The van der Waals surface area contributed by atoms with Crippen molar-refractivity contribution in [2.24, 2.45) is 0 Å². The Morgan fingerprint density at radius 1 is 1.16 bits per heavy atom. The summed E-state index contributed by atoms with van der Waals surface area (Å²) in [5.74, 6) is -4.16. The van der Waals surface area contributed by atoms with Crippen molar-refractivity contribution in [3.8, 4) is 0 Å². The number of nitro groups is 1. The van der Waals surface area contributed by atoms with Crippen LogP contribution in [0.25, 0.3) is 0 Å². The fourth-order valence-electron chi connectivity index (χ4n) is 2.08. The van der Waals surface area contributed by atoms with Crippen molar-refractivity contribution in [2.45, 2.75) is 27.7 Å². The van der Waals surface area contributed by atoms with Crippen molar-refractivity contribution in [3.05, 3.63) is 64.0 Å². The van der Waals surface area contributed by atoms with Gasteiger partial charge in [0.25, 0.3) is 5.69 Å². The van der Waals surface area contributed by atoms with Gasteiger partial charge in [0.15, 0.2) is 0 Å². The third kappa shape index (κ3) is 4.13. The Morgan fingerprint density at radius 2 is 1.80 bits per heavy atom. The lowest BCUT2D eigenvalue weighted by Crippen LogP contribution is -2.11. The first-order valence-corrected chi connectivity index (χ1v) is 9.28. The average molecular weight is 391 g/mol. The van der Waals surface area contributed by atoms with E-state index in [0.717, 1.165) is 23.9 Å². The number of hydrogen-bond donors (Lipinski definition) is 0. The second-order valence-corrected chi connectivity index (χ2v) is 8.27. The van der Waals surface area contributed by atoms with Gasteiger partial charge in [-0.2, -0.15) is 8.78 Å². The molecule has 0 amide bonds. The van der Waals surface area contributed by atoms with E-state index in [1.807, 2.05) is 0 Å². The molecule has 0 radical (unpaired) electrons. The number of nitrogens with zero attached hydrogens (tertiary/aromatic N) is 1. The molecule has 0 aromatic heterocycles. The molecule has 0 N–H and O–H groups in total. The maximum Gasteiger partial charge on any atom is 0.341 e. The highest BCUT2D eigenvalue weighted by atomic mass is 32.2. The summed E-state index contributed by atoms with van der Waals surface area (Å²) in [6, 6.07) is 8.44. The summed E-state index contributed by atoms with van der Waals surface area (Å²) < 4.78 is 62.0. The second kappa shape index (κ2) is 7.44. The molecule has 0 aliphatic carbocycles. The van der Waals surface area contributed by atoms with Crippen molar-refractivity contribution in [2.75, 3.05) is 0 Å². The quantitative estimate of drug-likeness (QED) is 0.409. The summed E-state index contributed by atoms with van der Waals surface area (Å²) >= 11 is 0.930. The van der Waals surface area contributed by atoms with Gasteiger partial charge in [0.1, 0.15) is 5.82 Å². The summed E-state index contributed by atoms with van der Waals surface area (Å²) in [7, 11) is -4.94. The SMILES string of the molecule is CC(Sc1ccc(S(=O)(=O)C(F)F)cc1[N+](=O)[O-])c1ccccc1F. The van der Waals surface area contributed by atoms with Crippen LogP contribution in [0.2, 0.25) is 0 Å². The van der Waals surface area contributed by atoms with E-state index in [4.69, 9.17) is 0 Å². The van der Waals surface area contributed by atoms with E-state index in [1.165, 1.54) is 18.2 Å². The van der Waals surface area contributed by atoms with Gasteiger partial charge in [0.2, 0.25) is 9.84 Å². The largest absolute Gasteiger partial charge is 0.341 e. The fraction of sp³-hybridized carbons (Fsp3) is 0.200. The third-order valence-electron chi connectivity index (χ3n) is 3.34. The van der Waals surface area contributed by atoms with Gasteiger partial charge in [0.05, 0.1) is 14.7 Å². The first kappa shape index (κ1) is 19.3. The van der Waals surface area contributed by atoms with E-state index in [0.29, 0.717) is 11.6 Å². The molecule has 0 spiro atoms. The molecule has 0 fully saturated rings. The minimum atomic E-state index is -4.94. The summed E-state index contributed by atoms with van der Waals surface area (Å²) in [6.45, 7) is 1.62. The third-order valence-corrected chi connectivity index (χ3v) is 5.92. The lowest BCUT2D eigenvalue weighted by Gasteiger charge is -2.13. The van der Waals surface area contributed by atoms with Crippen LogP contribution in [0.5, 0.6) is 0 Å². The predicted molar refractivity (Wildman–Crippen MR) is 87.0 cm³/mol. The maximum atomic E-state index is 13.8. The van der Waals surface area contributed by atoms with Crippen LogP contribution in [0.1, 0.15) is 17.7 Å². The van der Waals surface area contributed by atoms with E-state index in [9.17, 15) is 31.7 Å². The minimum Gasteiger partial charge on any atom is -0.258 e. The van der Waals surface area contributed by atoms with E-state index < -0.39 is 42.2 Å². The molecule has 1 unspecified atom stereocenters. The highest BCUT2D eigenvalue weighted by Gasteiger charge is 2.30.